The summed E-state index contributed by atoms with van der Waals surface area (Å²) in [6, 6.07) is 16.0. The molecule has 0 bridgehead atoms. The number of esters is 1. The highest BCUT2D eigenvalue weighted by Crippen LogP contribution is 2.26. The predicted molar refractivity (Wildman–Crippen MR) is 150 cm³/mol. The van der Waals surface area contributed by atoms with E-state index in [1.54, 1.807) is 21.1 Å². The molecule has 2 heterocycles. The highest BCUT2D eigenvalue weighted by Gasteiger charge is 2.39. The zero-order chi connectivity index (χ0) is 28.4. The van der Waals surface area contributed by atoms with Crippen LogP contribution in [0, 0.1) is 17.8 Å². The summed E-state index contributed by atoms with van der Waals surface area (Å²) >= 11 is 0. The molecular weight excluding hydrogens is 496 g/mol. The van der Waals surface area contributed by atoms with E-state index in [1.807, 2.05) is 56.3 Å². The van der Waals surface area contributed by atoms with Gasteiger partial charge in [-0.2, -0.15) is 0 Å². The minimum atomic E-state index is -0.691. The van der Waals surface area contributed by atoms with Crippen molar-refractivity contribution in [2.75, 3.05) is 33.9 Å². The normalized spacial score (nSPS) is 24.8. The van der Waals surface area contributed by atoms with Crippen LogP contribution in [-0.4, -0.2) is 63.5 Å². The van der Waals surface area contributed by atoms with Gasteiger partial charge in [-0.3, -0.25) is 14.4 Å². The number of benzene rings is 2. The van der Waals surface area contributed by atoms with Crippen molar-refractivity contribution in [3.8, 4) is 11.5 Å². The van der Waals surface area contributed by atoms with E-state index < -0.39 is 11.9 Å². The van der Waals surface area contributed by atoms with Crippen molar-refractivity contribution in [3.05, 3.63) is 59.7 Å². The maximum absolute atomic E-state index is 12.4. The Balaban J connectivity index is 0.000000223. The molecule has 0 aromatic heterocycles. The molecule has 8 heteroatoms. The van der Waals surface area contributed by atoms with Crippen LogP contribution in [0.1, 0.15) is 38.3 Å². The molecule has 0 spiro atoms. The Morgan fingerprint density at radius 1 is 0.846 bits per heavy atom. The first-order chi connectivity index (χ1) is 18.8. The first kappa shape index (κ1) is 30.3. The average molecular weight is 539 g/mol. The number of carbonyl (C=O) groups is 3. The number of hydrogen-bond donors (Lipinski definition) is 2. The van der Waals surface area contributed by atoms with Crippen LogP contribution in [0.4, 0.5) is 0 Å². The fourth-order valence-electron chi connectivity index (χ4n) is 5.23. The lowest BCUT2D eigenvalue weighted by molar-refractivity contribution is -0.154. The number of methoxy groups -OCH3 is 2. The van der Waals surface area contributed by atoms with Crippen LogP contribution < -0.4 is 20.1 Å². The zero-order valence-corrected chi connectivity index (χ0v) is 23.7. The molecular formula is C31H42N2O6. The van der Waals surface area contributed by atoms with Crippen molar-refractivity contribution >= 4 is 17.5 Å². The Hall–Kier alpha value is -3.23. The van der Waals surface area contributed by atoms with E-state index in [1.165, 1.54) is 0 Å². The summed E-state index contributed by atoms with van der Waals surface area (Å²) in [4.78, 5) is 35.9. The molecule has 212 valence electrons. The molecule has 2 N–H and O–H groups in total. The zero-order valence-electron chi connectivity index (χ0n) is 23.7. The Labute approximate surface area is 231 Å². The van der Waals surface area contributed by atoms with Gasteiger partial charge in [-0.15, -0.1) is 0 Å². The Morgan fingerprint density at radius 3 is 1.92 bits per heavy atom. The van der Waals surface area contributed by atoms with Gasteiger partial charge in [-0.25, -0.2) is 0 Å². The number of para-hydroxylation sites is 2. The van der Waals surface area contributed by atoms with E-state index in [-0.39, 0.29) is 29.7 Å². The van der Waals surface area contributed by atoms with Gasteiger partial charge in [0.2, 0.25) is 0 Å². The fraction of sp³-hybridized carbons (Fsp3) is 0.516. The van der Waals surface area contributed by atoms with Crippen molar-refractivity contribution in [1.29, 1.82) is 0 Å². The van der Waals surface area contributed by atoms with Gasteiger partial charge in [-0.05, 0) is 43.0 Å². The molecule has 2 fully saturated rings. The Morgan fingerprint density at radius 2 is 1.38 bits per heavy atom. The van der Waals surface area contributed by atoms with Crippen LogP contribution in [0.5, 0.6) is 11.5 Å². The summed E-state index contributed by atoms with van der Waals surface area (Å²) in [5, 5.41) is 6.73. The SMILES string of the molecule is CCOC(=O)C1CNC(Cc2ccccc2OC)C(C)C1=O.COc1ccccc1CC1NCCC(=O)C1C. The monoisotopic (exact) mass is 538 g/mol. The molecule has 8 nitrogen and oxygen atoms in total. The summed E-state index contributed by atoms with van der Waals surface area (Å²) < 4.78 is 15.7. The summed E-state index contributed by atoms with van der Waals surface area (Å²) in [5.74, 6) is 0.768. The van der Waals surface area contributed by atoms with Crippen LogP contribution in [0.2, 0.25) is 0 Å². The summed E-state index contributed by atoms with van der Waals surface area (Å²) in [6.45, 7) is 7.04. The van der Waals surface area contributed by atoms with Crippen LogP contribution >= 0.6 is 0 Å². The fourth-order valence-corrected chi connectivity index (χ4v) is 5.23. The second kappa shape index (κ2) is 14.8. The molecule has 0 radical (unpaired) electrons. The Bertz CT molecular complexity index is 1120. The number of ether oxygens (including phenoxy) is 3. The summed E-state index contributed by atoms with van der Waals surface area (Å²) in [6.07, 6.45) is 2.19. The minimum Gasteiger partial charge on any atom is -0.496 e. The molecule has 0 aliphatic carbocycles. The van der Waals surface area contributed by atoms with Crippen molar-refractivity contribution in [1.82, 2.24) is 10.6 Å². The molecule has 2 aromatic rings. The van der Waals surface area contributed by atoms with E-state index >= 15 is 0 Å². The molecule has 0 amide bonds. The maximum Gasteiger partial charge on any atom is 0.317 e. The predicted octanol–water partition coefficient (Wildman–Crippen LogP) is 3.40. The van der Waals surface area contributed by atoms with E-state index in [0.29, 0.717) is 31.8 Å². The topological polar surface area (TPSA) is 103 Å². The molecule has 2 aromatic carbocycles. The van der Waals surface area contributed by atoms with Gasteiger partial charge in [0, 0.05) is 43.4 Å². The third kappa shape index (κ3) is 7.90. The minimum absolute atomic E-state index is 0.00511. The van der Waals surface area contributed by atoms with E-state index in [2.05, 4.69) is 16.7 Å². The number of hydrogen-bond acceptors (Lipinski definition) is 8. The third-order valence-electron chi connectivity index (χ3n) is 7.71. The number of nitrogens with one attached hydrogen (secondary N) is 2. The number of rotatable bonds is 8. The maximum atomic E-state index is 12.4. The van der Waals surface area contributed by atoms with Gasteiger partial charge in [0.25, 0.3) is 0 Å². The third-order valence-corrected chi connectivity index (χ3v) is 7.71. The van der Waals surface area contributed by atoms with Crippen molar-refractivity contribution in [2.45, 2.75) is 52.1 Å². The summed E-state index contributed by atoms with van der Waals surface area (Å²) in [7, 11) is 3.32. The van der Waals surface area contributed by atoms with Gasteiger partial charge in [-0.1, -0.05) is 50.2 Å². The van der Waals surface area contributed by atoms with Gasteiger partial charge in [0.1, 0.15) is 23.2 Å². The first-order valence-electron chi connectivity index (χ1n) is 13.7. The van der Waals surface area contributed by atoms with Crippen LogP contribution in [0.25, 0.3) is 0 Å². The molecule has 5 unspecified atom stereocenters. The van der Waals surface area contributed by atoms with Crippen molar-refractivity contribution in [3.63, 3.8) is 0 Å². The van der Waals surface area contributed by atoms with Gasteiger partial charge < -0.3 is 24.8 Å². The number of ketones is 2. The lowest BCUT2D eigenvalue weighted by atomic mass is 9.82. The average Bonchev–Trinajstić information content (AvgIpc) is 2.95. The highest BCUT2D eigenvalue weighted by molar-refractivity contribution is 6.01. The molecule has 2 saturated heterocycles. The van der Waals surface area contributed by atoms with Crippen LogP contribution in [0.15, 0.2) is 48.5 Å². The molecule has 0 saturated carbocycles. The van der Waals surface area contributed by atoms with Crippen LogP contribution in [-0.2, 0) is 32.0 Å². The Kier molecular flexibility index (Phi) is 11.5. The quantitative estimate of drug-likeness (QED) is 0.390. The summed E-state index contributed by atoms with van der Waals surface area (Å²) in [5.41, 5.74) is 2.21. The van der Waals surface area contributed by atoms with Gasteiger partial charge >= 0.3 is 5.97 Å². The van der Waals surface area contributed by atoms with Crippen LogP contribution in [0.3, 0.4) is 0 Å². The lowest BCUT2D eigenvalue weighted by Crippen LogP contribution is -2.53. The first-order valence-corrected chi connectivity index (χ1v) is 13.7. The molecule has 4 rings (SSSR count). The lowest BCUT2D eigenvalue weighted by Gasteiger charge is -2.33. The highest BCUT2D eigenvalue weighted by atomic mass is 16.5. The van der Waals surface area contributed by atoms with Gasteiger partial charge in [0.05, 0.1) is 20.8 Å². The molecule has 2 aliphatic rings. The number of piperidine rings is 2. The standard InChI is InChI=1S/C17H23NO4.C14H19NO2/c1-4-22-17(20)13-10-18-14(11(2)16(13)19)9-12-7-5-6-8-15(12)21-3;1-10-12(15-8-7-13(10)16)9-11-5-3-4-6-14(11)17-2/h5-8,11,13-14,18H,4,9-10H2,1-3H3;3-6,10,12,15H,7-9H2,1-2H3. The number of Topliss-reactive ketones (excluding diaryl/α,β-unsaturated/α-hetero) is 2. The largest absolute Gasteiger partial charge is 0.496 e. The molecule has 2 aliphatic heterocycles. The second-order valence-corrected chi connectivity index (χ2v) is 10.1. The second-order valence-electron chi connectivity index (χ2n) is 10.1. The number of carbonyl (C=O) groups excluding carboxylic acids is 3. The van der Waals surface area contributed by atoms with Crippen molar-refractivity contribution < 1.29 is 28.6 Å². The van der Waals surface area contributed by atoms with E-state index in [4.69, 9.17) is 14.2 Å². The molecule has 39 heavy (non-hydrogen) atoms. The van der Waals surface area contributed by atoms with E-state index in [0.717, 1.165) is 35.6 Å². The van der Waals surface area contributed by atoms with E-state index in [9.17, 15) is 14.4 Å². The smallest absolute Gasteiger partial charge is 0.317 e. The molecule has 5 atom stereocenters. The van der Waals surface area contributed by atoms with Gasteiger partial charge in [0.15, 0.2) is 5.78 Å². The van der Waals surface area contributed by atoms with Crippen molar-refractivity contribution in [2.24, 2.45) is 17.8 Å².